The Morgan fingerprint density at radius 3 is 2.67 bits per heavy atom. The average molecular weight is 177 g/mol. The highest BCUT2D eigenvalue weighted by Gasteiger charge is 2.33. The van der Waals surface area contributed by atoms with E-state index in [4.69, 9.17) is 14.9 Å². The van der Waals surface area contributed by atoms with Crippen LogP contribution in [0.25, 0.3) is 0 Å². The Hall–Kier alpha value is -0.690. The Balaban J connectivity index is 2.45. The Labute approximate surface area is 68.8 Å². The molecule has 3 unspecified atom stereocenters. The summed E-state index contributed by atoms with van der Waals surface area (Å²) in [4.78, 5) is 14.7. The van der Waals surface area contributed by atoms with Gasteiger partial charge >= 0.3 is 5.97 Å². The number of carbonyl (C=O) groups is 1. The SMILES string of the molecule is NOC(=O)C1CC(O)C(O)CO1. The van der Waals surface area contributed by atoms with E-state index in [1.54, 1.807) is 0 Å². The molecule has 0 bridgehead atoms. The first-order chi connectivity index (χ1) is 5.65. The van der Waals surface area contributed by atoms with Gasteiger partial charge in [-0.15, -0.1) is 0 Å². The van der Waals surface area contributed by atoms with Gasteiger partial charge in [-0.1, -0.05) is 0 Å². The molecule has 3 atom stereocenters. The molecule has 12 heavy (non-hydrogen) atoms. The Kier molecular flexibility index (Phi) is 2.99. The second kappa shape index (κ2) is 3.81. The third kappa shape index (κ3) is 1.92. The number of carbonyl (C=O) groups excluding carboxylic acids is 1. The first-order valence-corrected chi connectivity index (χ1v) is 3.53. The average Bonchev–Trinajstić information content (AvgIpc) is 2.08. The fourth-order valence-electron chi connectivity index (χ4n) is 1.01. The monoisotopic (exact) mass is 177 g/mol. The zero-order chi connectivity index (χ0) is 9.14. The molecule has 0 spiro atoms. The predicted octanol–water partition coefficient (Wildman–Crippen LogP) is -2.09. The van der Waals surface area contributed by atoms with Gasteiger partial charge in [0.1, 0.15) is 6.10 Å². The van der Waals surface area contributed by atoms with Crippen molar-refractivity contribution in [2.24, 2.45) is 5.90 Å². The van der Waals surface area contributed by atoms with E-state index in [0.29, 0.717) is 0 Å². The molecule has 6 heteroatoms. The van der Waals surface area contributed by atoms with Gasteiger partial charge in [-0.05, 0) is 0 Å². The normalized spacial score (nSPS) is 36.1. The minimum absolute atomic E-state index is 0.0111. The van der Waals surface area contributed by atoms with Crippen LogP contribution in [0, 0.1) is 0 Å². The van der Waals surface area contributed by atoms with Gasteiger partial charge in [0.2, 0.25) is 0 Å². The second-order valence-corrected chi connectivity index (χ2v) is 2.63. The van der Waals surface area contributed by atoms with E-state index in [9.17, 15) is 4.79 Å². The number of aliphatic hydroxyl groups excluding tert-OH is 2. The van der Waals surface area contributed by atoms with Crippen LogP contribution in [0.15, 0.2) is 0 Å². The van der Waals surface area contributed by atoms with Crippen LogP contribution in [0.1, 0.15) is 6.42 Å². The molecule has 0 aromatic rings. The first-order valence-electron chi connectivity index (χ1n) is 3.53. The lowest BCUT2D eigenvalue weighted by Crippen LogP contribution is -2.45. The number of ether oxygens (including phenoxy) is 1. The van der Waals surface area contributed by atoms with Gasteiger partial charge in [0.05, 0.1) is 12.7 Å². The Morgan fingerprint density at radius 2 is 2.17 bits per heavy atom. The molecule has 0 radical (unpaired) electrons. The van der Waals surface area contributed by atoms with E-state index in [-0.39, 0.29) is 13.0 Å². The van der Waals surface area contributed by atoms with Gasteiger partial charge in [0.15, 0.2) is 6.10 Å². The molecule has 1 rings (SSSR count). The standard InChI is InChI=1S/C6H11NO5/c7-12-6(10)5-1-3(8)4(9)2-11-5/h3-5,8-9H,1-2,7H2. The zero-order valence-electron chi connectivity index (χ0n) is 6.34. The van der Waals surface area contributed by atoms with Crippen molar-refractivity contribution in [1.82, 2.24) is 0 Å². The van der Waals surface area contributed by atoms with Crippen molar-refractivity contribution in [3.63, 3.8) is 0 Å². The fraction of sp³-hybridized carbons (Fsp3) is 0.833. The molecule has 0 aromatic carbocycles. The van der Waals surface area contributed by atoms with E-state index >= 15 is 0 Å². The lowest BCUT2D eigenvalue weighted by atomic mass is 10.0. The number of rotatable bonds is 1. The molecule has 6 nitrogen and oxygen atoms in total. The highest BCUT2D eigenvalue weighted by Crippen LogP contribution is 2.14. The maximum Gasteiger partial charge on any atom is 0.353 e. The van der Waals surface area contributed by atoms with Gasteiger partial charge in [-0.2, -0.15) is 5.90 Å². The Bertz CT molecular complexity index is 173. The predicted molar refractivity (Wildman–Crippen MR) is 36.7 cm³/mol. The number of aliphatic hydroxyl groups is 2. The maximum absolute atomic E-state index is 10.8. The van der Waals surface area contributed by atoms with E-state index in [0.717, 1.165) is 0 Å². The van der Waals surface area contributed by atoms with Crippen LogP contribution < -0.4 is 5.90 Å². The molecule has 70 valence electrons. The molecule has 4 N–H and O–H groups in total. The highest BCUT2D eigenvalue weighted by molar-refractivity contribution is 5.74. The van der Waals surface area contributed by atoms with Crippen molar-refractivity contribution in [2.45, 2.75) is 24.7 Å². The summed E-state index contributed by atoms with van der Waals surface area (Å²) in [6.07, 6.45) is -2.75. The number of hydrogen-bond donors (Lipinski definition) is 3. The van der Waals surface area contributed by atoms with Crippen molar-refractivity contribution >= 4 is 5.97 Å². The van der Waals surface area contributed by atoms with Gasteiger partial charge in [0, 0.05) is 6.42 Å². The molecule has 1 aliphatic rings. The summed E-state index contributed by atoms with van der Waals surface area (Å²) in [7, 11) is 0. The Morgan fingerprint density at radius 1 is 1.50 bits per heavy atom. The molecular formula is C6H11NO5. The molecule has 0 amide bonds. The summed E-state index contributed by atoms with van der Waals surface area (Å²) in [6, 6.07) is 0. The van der Waals surface area contributed by atoms with Gasteiger partial charge in [-0.3, -0.25) is 0 Å². The summed E-state index contributed by atoms with van der Waals surface area (Å²) >= 11 is 0. The highest BCUT2D eigenvalue weighted by atomic mass is 16.7. The third-order valence-electron chi connectivity index (χ3n) is 1.75. The minimum Gasteiger partial charge on any atom is -0.390 e. The minimum atomic E-state index is -0.956. The molecule has 0 saturated carbocycles. The molecule has 1 heterocycles. The van der Waals surface area contributed by atoms with E-state index in [1.165, 1.54) is 0 Å². The smallest absolute Gasteiger partial charge is 0.353 e. The molecule has 1 saturated heterocycles. The quantitative estimate of drug-likeness (QED) is 0.397. The van der Waals surface area contributed by atoms with Crippen LogP contribution in [0.2, 0.25) is 0 Å². The molecular weight excluding hydrogens is 166 g/mol. The van der Waals surface area contributed by atoms with Gasteiger partial charge in [-0.25, -0.2) is 4.79 Å². The fourth-order valence-corrected chi connectivity index (χ4v) is 1.01. The molecule has 1 aliphatic heterocycles. The second-order valence-electron chi connectivity index (χ2n) is 2.63. The zero-order valence-corrected chi connectivity index (χ0v) is 6.34. The van der Waals surface area contributed by atoms with Crippen LogP contribution in [0.3, 0.4) is 0 Å². The number of nitrogens with two attached hydrogens (primary N) is 1. The summed E-state index contributed by atoms with van der Waals surface area (Å²) in [5, 5.41) is 18.1. The van der Waals surface area contributed by atoms with Crippen LogP contribution in [-0.2, 0) is 14.4 Å². The van der Waals surface area contributed by atoms with Crippen molar-refractivity contribution in [1.29, 1.82) is 0 Å². The lowest BCUT2D eigenvalue weighted by Gasteiger charge is -2.28. The van der Waals surface area contributed by atoms with Crippen molar-refractivity contribution in [3.8, 4) is 0 Å². The lowest BCUT2D eigenvalue weighted by molar-refractivity contribution is -0.175. The van der Waals surface area contributed by atoms with Gasteiger partial charge in [0.25, 0.3) is 0 Å². The summed E-state index contributed by atoms with van der Waals surface area (Å²) in [5.74, 6) is 3.87. The molecule has 0 aromatic heterocycles. The van der Waals surface area contributed by atoms with Crippen molar-refractivity contribution in [3.05, 3.63) is 0 Å². The summed E-state index contributed by atoms with van der Waals surface area (Å²) < 4.78 is 4.85. The van der Waals surface area contributed by atoms with E-state index in [2.05, 4.69) is 10.7 Å². The number of hydrogen-bond acceptors (Lipinski definition) is 6. The maximum atomic E-state index is 10.8. The van der Waals surface area contributed by atoms with Crippen molar-refractivity contribution < 1.29 is 24.6 Å². The molecule has 0 aliphatic carbocycles. The van der Waals surface area contributed by atoms with Crippen LogP contribution in [0.4, 0.5) is 0 Å². The largest absolute Gasteiger partial charge is 0.390 e. The van der Waals surface area contributed by atoms with Gasteiger partial charge < -0.3 is 19.8 Å². The molecule has 1 fully saturated rings. The van der Waals surface area contributed by atoms with E-state index in [1.807, 2.05) is 0 Å². The topological polar surface area (TPSA) is 102 Å². The van der Waals surface area contributed by atoms with Crippen LogP contribution in [0.5, 0.6) is 0 Å². The van der Waals surface area contributed by atoms with Crippen LogP contribution >= 0.6 is 0 Å². The van der Waals surface area contributed by atoms with Crippen molar-refractivity contribution in [2.75, 3.05) is 6.61 Å². The first kappa shape index (κ1) is 9.40. The third-order valence-corrected chi connectivity index (χ3v) is 1.75. The van der Waals surface area contributed by atoms with Crippen LogP contribution in [-0.4, -0.2) is 41.1 Å². The van der Waals surface area contributed by atoms with E-state index < -0.39 is 24.3 Å². The summed E-state index contributed by atoms with van der Waals surface area (Å²) in [5.41, 5.74) is 0. The summed E-state index contributed by atoms with van der Waals surface area (Å²) in [6.45, 7) is -0.0824.